The zero-order valence-electron chi connectivity index (χ0n) is 14.0. The zero-order chi connectivity index (χ0) is 15.5. The number of rotatable bonds is 4. The second kappa shape index (κ2) is 6.97. The second-order valence-corrected chi connectivity index (χ2v) is 9.42. The third-order valence-electron chi connectivity index (χ3n) is 5.05. The fourth-order valence-electron chi connectivity index (χ4n) is 3.83. The average molecular weight is 310 g/mol. The lowest BCUT2D eigenvalue weighted by molar-refractivity contribution is 0.540. The van der Waals surface area contributed by atoms with Crippen LogP contribution in [0.3, 0.4) is 0 Å². The van der Waals surface area contributed by atoms with Crippen LogP contribution in [0.4, 0.5) is 0 Å². The van der Waals surface area contributed by atoms with Crippen molar-refractivity contribution >= 4 is 18.5 Å². The predicted molar refractivity (Wildman–Crippen MR) is 100.0 cm³/mol. The summed E-state index contributed by atoms with van der Waals surface area (Å²) in [6, 6.07) is 18.4. The largest absolute Gasteiger partial charge is 0.0614 e. The molecule has 0 saturated heterocycles. The molecule has 1 atom stereocenters. The minimum absolute atomic E-state index is 0.256. The summed E-state index contributed by atoms with van der Waals surface area (Å²) in [7, 11) is -0.256. The van der Waals surface area contributed by atoms with Gasteiger partial charge in [0.2, 0.25) is 0 Å². The van der Waals surface area contributed by atoms with Crippen molar-refractivity contribution in [3.8, 4) is 0 Å². The van der Waals surface area contributed by atoms with E-state index in [1.807, 2.05) is 0 Å². The number of aryl methyl sites for hydroxylation is 2. The number of benzene rings is 2. The molecule has 0 aliphatic heterocycles. The van der Waals surface area contributed by atoms with Crippen LogP contribution in [0.2, 0.25) is 0 Å². The van der Waals surface area contributed by atoms with Gasteiger partial charge in [-0.15, -0.1) is 0 Å². The Hall–Kier alpha value is -1.13. The quantitative estimate of drug-likeness (QED) is 0.671. The van der Waals surface area contributed by atoms with Gasteiger partial charge in [-0.2, -0.15) is 0 Å². The average Bonchev–Trinajstić information content (AvgIpc) is 3.02. The van der Waals surface area contributed by atoms with Gasteiger partial charge < -0.3 is 0 Å². The molecule has 3 rings (SSSR count). The highest BCUT2D eigenvalue weighted by Gasteiger charge is 2.30. The topological polar surface area (TPSA) is 0 Å². The van der Waals surface area contributed by atoms with Crippen molar-refractivity contribution in [2.24, 2.45) is 5.92 Å². The molecule has 2 aromatic rings. The fraction of sp³-hybridized carbons (Fsp3) is 0.429. The summed E-state index contributed by atoms with van der Waals surface area (Å²) < 4.78 is 0. The Kier molecular flexibility index (Phi) is 4.99. The van der Waals surface area contributed by atoms with Crippen LogP contribution in [0.1, 0.15) is 43.7 Å². The van der Waals surface area contributed by atoms with Crippen LogP contribution in [0, 0.1) is 19.8 Å². The van der Waals surface area contributed by atoms with Crippen molar-refractivity contribution in [3.05, 3.63) is 59.7 Å². The molecule has 0 amide bonds. The maximum atomic E-state index is 2.51. The molecular formula is C21H27P. The van der Waals surface area contributed by atoms with Crippen molar-refractivity contribution in [2.45, 2.75) is 52.1 Å². The van der Waals surface area contributed by atoms with E-state index in [0.29, 0.717) is 0 Å². The molecular weight excluding hydrogens is 283 g/mol. The molecule has 1 aliphatic rings. The van der Waals surface area contributed by atoms with Crippen LogP contribution in [0.25, 0.3) is 0 Å². The molecule has 0 nitrogen and oxygen atoms in total. The normalized spacial score (nSPS) is 17.1. The van der Waals surface area contributed by atoms with Crippen LogP contribution >= 0.6 is 7.92 Å². The molecule has 22 heavy (non-hydrogen) atoms. The molecule has 1 fully saturated rings. The van der Waals surface area contributed by atoms with Gasteiger partial charge in [0, 0.05) is 0 Å². The summed E-state index contributed by atoms with van der Waals surface area (Å²) in [6.07, 6.45) is 5.72. The Bertz CT molecular complexity index is 580. The highest BCUT2D eigenvalue weighted by atomic mass is 31.1. The van der Waals surface area contributed by atoms with E-state index < -0.39 is 0 Å². The van der Waals surface area contributed by atoms with Gasteiger partial charge in [-0.25, -0.2) is 0 Å². The second-order valence-electron chi connectivity index (χ2n) is 6.83. The third-order valence-corrected chi connectivity index (χ3v) is 7.95. The molecule has 0 bridgehead atoms. The van der Waals surface area contributed by atoms with Gasteiger partial charge in [-0.1, -0.05) is 79.4 Å². The molecule has 0 unspecified atom stereocenters. The third kappa shape index (κ3) is 3.44. The van der Waals surface area contributed by atoms with Crippen LogP contribution < -0.4 is 10.6 Å². The summed E-state index contributed by atoms with van der Waals surface area (Å²) in [5, 5.41) is 3.11. The smallest absolute Gasteiger partial charge is 0.0129 e. The summed E-state index contributed by atoms with van der Waals surface area (Å²) in [4.78, 5) is 0. The summed E-state index contributed by atoms with van der Waals surface area (Å²) in [5.41, 5.74) is 3.55. The van der Waals surface area contributed by atoms with Crippen LogP contribution in [-0.4, -0.2) is 5.66 Å². The fourth-order valence-corrected chi connectivity index (χ4v) is 6.96. The highest BCUT2D eigenvalue weighted by Crippen LogP contribution is 2.47. The summed E-state index contributed by atoms with van der Waals surface area (Å²) >= 11 is 0. The van der Waals surface area contributed by atoms with E-state index in [1.54, 1.807) is 10.6 Å². The molecule has 0 radical (unpaired) electrons. The summed E-state index contributed by atoms with van der Waals surface area (Å²) in [5.74, 6) is 0.909. The molecule has 2 aromatic carbocycles. The first kappa shape index (κ1) is 15.8. The first-order chi connectivity index (χ1) is 10.6. The number of hydrogen-bond acceptors (Lipinski definition) is 0. The van der Waals surface area contributed by atoms with Crippen LogP contribution in [0.5, 0.6) is 0 Å². The maximum absolute atomic E-state index is 2.51. The maximum Gasteiger partial charge on any atom is -0.0129 e. The van der Waals surface area contributed by atoms with Gasteiger partial charge in [0.05, 0.1) is 0 Å². The van der Waals surface area contributed by atoms with Gasteiger partial charge in [0.1, 0.15) is 0 Å². The monoisotopic (exact) mass is 310 g/mol. The van der Waals surface area contributed by atoms with Gasteiger partial charge >= 0.3 is 0 Å². The molecule has 1 aliphatic carbocycles. The van der Waals surface area contributed by atoms with E-state index in [1.165, 1.54) is 36.8 Å². The standard InChI is InChI=1S/C21H27P/c1-16-8-6-12-20(14-16)22(18(3)19-10-4-5-11-19)21-13-7-9-17(2)15-21/h6-9,12-15,18-19H,4-5,10-11H2,1-3H3/t18-/m1/s1. The molecule has 1 saturated carbocycles. The van der Waals surface area contributed by atoms with E-state index in [9.17, 15) is 0 Å². The lowest BCUT2D eigenvalue weighted by atomic mass is 10.1. The van der Waals surface area contributed by atoms with Crippen molar-refractivity contribution in [3.63, 3.8) is 0 Å². The Morgan fingerprint density at radius 3 is 1.82 bits per heavy atom. The van der Waals surface area contributed by atoms with E-state index in [-0.39, 0.29) is 7.92 Å². The van der Waals surface area contributed by atoms with Crippen molar-refractivity contribution in [1.82, 2.24) is 0 Å². The first-order valence-electron chi connectivity index (χ1n) is 8.58. The Balaban J connectivity index is 2.01. The SMILES string of the molecule is Cc1cccc(P(c2cccc(C)c2)[C@H](C)C2CCCC2)c1. The molecule has 0 aromatic heterocycles. The Morgan fingerprint density at radius 1 is 0.864 bits per heavy atom. The lowest BCUT2D eigenvalue weighted by Gasteiger charge is -2.30. The molecule has 1 heteroatoms. The van der Waals surface area contributed by atoms with Crippen molar-refractivity contribution < 1.29 is 0 Å². The zero-order valence-corrected chi connectivity index (χ0v) is 14.9. The van der Waals surface area contributed by atoms with Crippen molar-refractivity contribution in [2.75, 3.05) is 0 Å². The van der Waals surface area contributed by atoms with Crippen LogP contribution in [-0.2, 0) is 0 Å². The summed E-state index contributed by atoms with van der Waals surface area (Å²) in [6.45, 7) is 6.94. The molecule has 0 spiro atoms. The van der Waals surface area contributed by atoms with Gasteiger partial charge in [-0.3, -0.25) is 0 Å². The Morgan fingerprint density at radius 2 is 1.36 bits per heavy atom. The van der Waals surface area contributed by atoms with Crippen molar-refractivity contribution in [1.29, 1.82) is 0 Å². The lowest BCUT2D eigenvalue weighted by Crippen LogP contribution is -2.25. The van der Waals surface area contributed by atoms with E-state index in [4.69, 9.17) is 0 Å². The van der Waals surface area contributed by atoms with Gasteiger partial charge in [0.25, 0.3) is 0 Å². The molecule has 116 valence electrons. The Labute approximate surface area is 136 Å². The minimum atomic E-state index is -0.256. The highest BCUT2D eigenvalue weighted by molar-refractivity contribution is 7.73. The first-order valence-corrected chi connectivity index (χ1v) is 9.99. The predicted octanol–water partition coefficient (Wildman–Crippen LogP) is 5.31. The number of hydrogen-bond donors (Lipinski definition) is 0. The molecule has 0 heterocycles. The van der Waals surface area contributed by atoms with Gasteiger partial charge in [0.15, 0.2) is 0 Å². The minimum Gasteiger partial charge on any atom is -0.0614 e. The van der Waals surface area contributed by atoms with E-state index in [0.717, 1.165) is 11.6 Å². The molecule has 0 N–H and O–H groups in total. The van der Waals surface area contributed by atoms with Gasteiger partial charge in [-0.05, 0) is 56.8 Å². The van der Waals surface area contributed by atoms with E-state index >= 15 is 0 Å². The van der Waals surface area contributed by atoms with Crippen LogP contribution in [0.15, 0.2) is 48.5 Å². The van der Waals surface area contributed by atoms with E-state index in [2.05, 4.69) is 69.3 Å².